The van der Waals surface area contributed by atoms with E-state index in [1.807, 2.05) is 23.1 Å². The molecular formula is C21H21FN6O2. The van der Waals surface area contributed by atoms with Gasteiger partial charge in [-0.05, 0) is 24.3 Å². The molecule has 154 valence electrons. The zero-order valence-corrected chi connectivity index (χ0v) is 16.3. The quantitative estimate of drug-likeness (QED) is 0.714. The number of aromatic nitrogens is 3. The maximum Gasteiger partial charge on any atom is 0.229 e. The number of benzene rings is 1. The number of hydrogen-bond acceptors (Lipinski definition) is 5. The standard InChI is InChI=1S/C21H21FN6O2/c22-15-4-3-5-16-19(15)20(25-24-16)28-13-14(12-18(28)29)21(30)27-10-8-26(9-11-27)17-6-1-2-7-23-17/h1-7,14H,8-13H2,(H,24,25). The number of aromatic amines is 1. The Hall–Kier alpha value is -3.49. The topological polar surface area (TPSA) is 85.4 Å². The average Bonchev–Trinajstić information content (AvgIpc) is 3.38. The first-order chi connectivity index (χ1) is 14.6. The fourth-order valence-corrected chi connectivity index (χ4v) is 4.24. The average molecular weight is 408 g/mol. The number of hydrogen-bond donors (Lipinski definition) is 1. The van der Waals surface area contributed by atoms with E-state index in [0.717, 1.165) is 5.82 Å². The van der Waals surface area contributed by atoms with Gasteiger partial charge in [0.2, 0.25) is 11.8 Å². The second-order valence-corrected chi connectivity index (χ2v) is 7.62. The van der Waals surface area contributed by atoms with Crippen molar-refractivity contribution in [1.29, 1.82) is 0 Å². The molecule has 3 aromatic rings. The van der Waals surface area contributed by atoms with Gasteiger partial charge in [-0.15, -0.1) is 0 Å². The summed E-state index contributed by atoms with van der Waals surface area (Å²) in [6.45, 7) is 2.78. The zero-order valence-electron chi connectivity index (χ0n) is 16.3. The number of carbonyl (C=O) groups is 2. The molecule has 2 aliphatic heterocycles. The van der Waals surface area contributed by atoms with Crippen LogP contribution in [-0.4, -0.2) is 64.6 Å². The van der Waals surface area contributed by atoms with Crippen LogP contribution in [0.2, 0.25) is 0 Å². The minimum atomic E-state index is -0.447. The summed E-state index contributed by atoms with van der Waals surface area (Å²) >= 11 is 0. The number of nitrogens with one attached hydrogen (secondary N) is 1. The summed E-state index contributed by atoms with van der Waals surface area (Å²) in [6, 6.07) is 10.4. The van der Waals surface area contributed by atoms with Crippen LogP contribution in [0.3, 0.4) is 0 Å². The van der Waals surface area contributed by atoms with Gasteiger partial charge in [0.25, 0.3) is 0 Å². The third kappa shape index (κ3) is 3.16. The minimum absolute atomic E-state index is 0.0353. The Kier molecular flexibility index (Phi) is 4.57. The number of halogens is 1. The summed E-state index contributed by atoms with van der Waals surface area (Å²) in [5, 5.41) is 7.18. The van der Waals surface area contributed by atoms with Gasteiger partial charge in [-0.2, -0.15) is 5.10 Å². The molecular weight excluding hydrogens is 387 g/mol. The molecule has 0 bridgehead atoms. The number of rotatable bonds is 3. The third-order valence-corrected chi connectivity index (χ3v) is 5.81. The maximum absolute atomic E-state index is 14.3. The number of fused-ring (bicyclic) bond motifs is 1. The molecule has 2 amide bonds. The van der Waals surface area contributed by atoms with Crippen molar-refractivity contribution in [2.75, 3.05) is 42.5 Å². The van der Waals surface area contributed by atoms with Gasteiger partial charge < -0.3 is 9.80 Å². The van der Waals surface area contributed by atoms with Crippen LogP contribution in [0.4, 0.5) is 16.0 Å². The van der Waals surface area contributed by atoms with E-state index in [2.05, 4.69) is 20.1 Å². The fraction of sp³-hybridized carbons (Fsp3) is 0.333. The van der Waals surface area contributed by atoms with Gasteiger partial charge >= 0.3 is 0 Å². The second kappa shape index (κ2) is 7.40. The number of pyridine rings is 1. The van der Waals surface area contributed by atoms with Gasteiger partial charge in [-0.3, -0.25) is 19.6 Å². The lowest BCUT2D eigenvalue weighted by Crippen LogP contribution is -2.51. The third-order valence-electron chi connectivity index (χ3n) is 5.81. The van der Waals surface area contributed by atoms with Crippen molar-refractivity contribution in [3.8, 4) is 0 Å². The van der Waals surface area contributed by atoms with Gasteiger partial charge in [0, 0.05) is 45.3 Å². The first-order valence-electron chi connectivity index (χ1n) is 9.99. The summed E-state index contributed by atoms with van der Waals surface area (Å²) in [7, 11) is 0. The van der Waals surface area contributed by atoms with Crippen molar-refractivity contribution in [3.63, 3.8) is 0 Å². The largest absolute Gasteiger partial charge is 0.353 e. The molecule has 1 N–H and O–H groups in total. The van der Waals surface area contributed by atoms with Crippen molar-refractivity contribution in [3.05, 3.63) is 48.4 Å². The van der Waals surface area contributed by atoms with Crippen LogP contribution in [-0.2, 0) is 9.59 Å². The molecule has 0 radical (unpaired) electrons. The number of nitrogens with zero attached hydrogens (tertiary/aromatic N) is 5. The molecule has 0 aliphatic carbocycles. The predicted molar refractivity (Wildman–Crippen MR) is 110 cm³/mol. The Morgan fingerprint density at radius 3 is 2.70 bits per heavy atom. The van der Waals surface area contributed by atoms with Crippen molar-refractivity contribution < 1.29 is 14.0 Å². The lowest BCUT2D eigenvalue weighted by molar-refractivity contribution is -0.136. The Labute approximate surface area is 172 Å². The molecule has 0 spiro atoms. The second-order valence-electron chi connectivity index (χ2n) is 7.62. The van der Waals surface area contributed by atoms with E-state index in [1.54, 1.807) is 18.3 Å². The molecule has 8 nitrogen and oxygen atoms in total. The molecule has 4 heterocycles. The summed E-state index contributed by atoms with van der Waals surface area (Å²) in [5.41, 5.74) is 0.526. The number of anilines is 2. The monoisotopic (exact) mass is 408 g/mol. The molecule has 1 atom stereocenters. The SMILES string of the molecule is O=C(C1CC(=O)N(c2n[nH]c3cccc(F)c23)C1)N1CCN(c2ccccn2)CC1. The van der Waals surface area contributed by atoms with Gasteiger partial charge in [0.1, 0.15) is 11.6 Å². The molecule has 9 heteroatoms. The van der Waals surface area contributed by atoms with E-state index in [0.29, 0.717) is 31.7 Å². The predicted octanol–water partition coefficient (Wildman–Crippen LogP) is 1.80. The molecule has 0 saturated carbocycles. The molecule has 2 fully saturated rings. The summed E-state index contributed by atoms with van der Waals surface area (Å²) in [6.07, 6.45) is 1.87. The normalized spacial score (nSPS) is 19.7. The van der Waals surface area contributed by atoms with Gasteiger partial charge in [-0.25, -0.2) is 9.37 Å². The molecule has 2 aromatic heterocycles. The maximum atomic E-state index is 14.3. The Morgan fingerprint density at radius 1 is 1.10 bits per heavy atom. The number of amides is 2. The van der Waals surface area contributed by atoms with Crippen molar-refractivity contribution in [1.82, 2.24) is 20.1 Å². The molecule has 1 unspecified atom stereocenters. The lowest BCUT2D eigenvalue weighted by Gasteiger charge is -2.36. The van der Waals surface area contributed by atoms with E-state index in [1.165, 1.54) is 11.0 Å². The molecule has 1 aromatic carbocycles. The van der Waals surface area contributed by atoms with Crippen LogP contribution in [0.1, 0.15) is 6.42 Å². The van der Waals surface area contributed by atoms with Gasteiger partial charge in [0.05, 0.1) is 16.8 Å². The van der Waals surface area contributed by atoms with Gasteiger partial charge in [-0.1, -0.05) is 12.1 Å². The fourth-order valence-electron chi connectivity index (χ4n) is 4.24. The summed E-state index contributed by atoms with van der Waals surface area (Å²) in [5.74, 6) is 0.0217. The highest BCUT2D eigenvalue weighted by molar-refractivity contribution is 6.05. The Bertz CT molecular complexity index is 1090. The van der Waals surface area contributed by atoms with Crippen LogP contribution in [0.15, 0.2) is 42.6 Å². The van der Waals surface area contributed by atoms with Crippen LogP contribution in [0.25, 0.3) is 10.9 Å². The molecule has 5 rings (SSSR count). The van der Waals surface area contributed by atoms with Crippen molar-refractivity contribution in [2.24, 2.45) is 5.92 Å². The zero-order chi connectivity index (χ0) is 20.7. The van der Waals surface area contributed by atoms with Crippen LogP contribution in [0.5, 0.6) is 0 Å². The first-order valence-corrected chi connectivity index (χ1v) is 9.99. The van der Waals surface area contributed by atoms with Crippen LogP contribution >= 0.6 is 0 Å². The van der Waals surface area contributed by atoms with E-state index in [9.17, 15) is 14.0 Å². The van der Waals surface area contributed by atoms with E-state index in [4.69, 9.17) is 0 Å². The first kappa shape index (κ1) is 18.5. The number of H-pyrrole nitrogens is 1. The number of piperazine rings is 1. The van der Waals surface area contributed by atoms with Gasteiger partial charge in [0.15, 0.2) is 5.82 Å². The van der Waals surface area contributed by atoms with Crippen molar-refractivity contribution in [2.45, 2.75) is 6.42 Å². The smallest absolute Gasteiger partial charge is 0.229 e. The summed E-state index contributed by atoms with van der Waals surface area (Å²) < 4.78 is 14.3. The molecule has 30 heavy (non-hydrogen) atoms. The van der Waals surface area contributed by atoms with Crippen molar-refractivity contribution >= 4 is 34.4 Å². The highest BCUT2D eigenvalue weighted by atomic mass is 19.1. The van der Waals surface area contributed by atoms with Crippen LogP contribution < -0.4 is 9.80 Å². The molecule has 2 saturated heterocycles. The number of carbonyl (C=O) groups excluding carboxylic acids is 2. The Balaban J connectivity index is 1.27. The summed E-state index contributed by atoms with van der Waals surface area (Å²) in [4.78, 5) is 35.4. The molecule has 2 aliphatic rings. The van der Waals surface area contributed by atoms with E-state index < -0.39 is 11.7 Å². The van der Waals surface area contributed by atoms with E-state index in [-0.39, 0.29) is 36.0 Å². The van der Waals surface area contributed by atoms with E-state index >= 15 is 0 Å². The lowest BCUT2D eigenvalue weighted by atomic mass is 10.1. The highest BCUT2D eigenvalue weighted by Gasteiger charge is 2.39. The van der Waals surface area contributed by atoms with Crippen LogP contribution in [0, 0.1) is 11.7 Å². The minimum Gasteiger partial charge on any atom is -0.353 e. The highest BCUT2D eigenvalue weighted by Crippen LogP contribution is 2.32. The Morgan fingerprint density at radius 2 is 1.93 bits per heavy atom.